The molecular weight excluding hydrogens is 274 g/mol. The first-order valence-corrected chi connectivity index (χ1v) is 7.56. The molecule has 1 atom stereocenters. The number of aromatic nitrogens is 2. The average Bonchev–Trinajstić information content (AvgIpc) is 3.01. The van der Waals surface area contributed by atoms with Crippen molar-refractivity contribution in [3.63, 3.8) is 0 Å². The number of likely N-dealkylation sites (tertiary alicyclic amines) is 1. The fourth-order valence-corrected chi connectivity index (χ4v) is 3.26. The van der Waals surface area contributed by atoms with Crippen molar-refractivity contribution >= 4 is 22.6 Å². The zero-order chi connectivity index (χ0) is 14.1. The monoisotopic (exact) mass is 293 g/mol. The van der Waals surface area contributed by atoms with E-state index >= 15 is 0 Å². The van der Waals surface area contributed by atoms with Crippen molar-refractivity contribution in [3.05, 3.63) is 24.0 Å². The van der Waals surface area contributed by atoms with Crippen LogP contribution < -0.4 is 4.74 Å². The second-order valence-electron chi connectivity index (χ2n) is 5.37. The molecule has 0 amide bonds. The molecule has 1 fully saturated rings. The van der Waals surface area contributed by atoms with Gasteiger partial charge in [-0.1, -0.05) is 6.07 Å². The largest absolute Gasteiger partial charge is 0.494 e. The van der Waals surface area contributed by atoms with Gasteiger partial charge in [-0.05, 0) is 32.1 Å². The van der Waals surface area contributed by atoms with Gasteiger partial charge in [-0.2, -0.15) is 0 Å². The Balaban J connectivity index is 2.14. The minimum absolute atomic E-state index is 0.482. The molecular formula is C15H20ClN3O. The van der Waals surface area contributed by atoms with E-state index < -0.39 is 0 Å². The molecule has 1 aromatic heterocycles. The first-order chi connectivity index (χ1) is 9.74. The van der Waals surface area contributed by atoms with Crippen LogP contribution in [0, 0.1) is 0 Å². The van der Waals surface area contributed by atoms with Crippen molar-refractivity contribution in [2.45, 2.75) is 18.9 Å². The number of ether oxygens (including phenoxy) is 1. The molecule has 1 saturated heterocycles. The number of methoxy groups -OCH3 is 1. The van der Waals surface area contributed by atoms with Crippen molar-refractivity contribution in [3.8, 4) is 5.75 Å². The summed E-state index contributed by atoms with van der Waals surface area (Å²) in [5.41, 5.74) is 2.11. The molecule has 3 rings (SSSR count). The van der Waals surface area contributed by atoms with E-state index in [4.69, 9.17) is 21.3 Å². The van der Waals surface area contributed by atoms with E-state index in [-0.39, 0.29) is 0 Å². The van der Waals surface area contributed by atoms with Crippen molar-refractivity contribution in [1.29, 1.82) is 0 Å². The van der Waals surface area contributed by atoms with Crippen LogP contribution in [0.15, 0.2) is 18.2 Å². The molecule has 5 heteroatoms. The Kier molecular flexibility index (Phi) is 3.85. The molecule has 108 valence electrons. The second kappa shape index (κ2) is 5.62. The molecule has 0 bridgehead atoms. The number of benzene rings is 1. The van der Waals surface area contributed by atoms with Gasteiger partial charge in [-0.15, -0.1) is 11.6 Å². The van der Waals surface area contributed by atoms with Gasteiger partial charge in [0.05, 0.1) is 12.6 Å². The van der Waals surface area contributed by atoms with Gasteiger partial charge < -0.3 is 14.2 Å². The lowest BCUT2D eigenvalue weighted by Crippen LogP contribution is -2.18. The molecule has 1 unspecified atom stereocenters. The highest BCUT2D eigenvalue weighted by Crippen LogP contribution is 2.31. The van der Waals surface area contributed by atoms with Crippen LogP contribution in [-0.4, -0.2) is 47.6 Å². The first-order valence-electron chi connectivity index (χ1n) is 7.03. The van der Waals surface area contributed by atoms with Crippen LogP contribution in [0.4, 0.5) is 0 Å². The summed E-state index contributed by atoms with van der Waals surface area (Å²) < 4.78 is 7.80. The van der Waals surface area contributed by atoms with E-state index in [0.717, 1.165) is 48.5 Å². The zero-order valence-corrected chi connectivity index (χ0v) is 12.7. The van der Waals surface area contributed by atoms with Gasteiger partial charge in [0, 0.05) is 24.9 Å². The number of hydrogen-bond acceptors (Lipinski definition) is 3. The predicted molar refractivity (Wildman–Crippen MR) is 81.9 cm³/mol. The van der Waals surface area contributed by atoms with Crippen LogP contribution in [-0.2, 0) is 6.42 Å². The highest BCUT2D eigenvalue weighted by molar-refractivity contribution is 6.17. The summed E-state index contributed by atoms with van der Waals surface area (Å²) in [7, 11) is 3.86. The summed E-state index contributed by atoms with van der Waals surface area (Å²) in [6.07, 6.45) is 1.95. The molecule has 2 aromatic rings. The fraction of sp³-hybridized carbons (Fsp3) is 0.533. The number of likely N-dealkylation sites (N-methyl/N-ethyl adjacent to an activating group) is 1. The van der Waals surface area contributed by atoms with Crippen molar-refractivity contribution in [1.82, 2.24) is 14.5 Å². The minimum Gasteiger partial charge on any atom is -0.494 e. The Labute approximate surface area is 124 Å². The van der Waals surface area contributed by atoms with Crippen LogP contribution in [0.25, 0.3) is 11.0 Å². The predicted octanol–water partition coefficient (Wildman–Crippen LogP) is 2.70. The van der Waals surface area contributed by atoms with Gasteiger partial charge in [0.15, 0.2) is 0 Å². The molecule has 1 aliphatic heterocycles. The number of alkyl halides is 1. The van der Waals surface area contributed by atoms with Crippen LogP contribution in [0.5, 0.6) is 5.75 Å². The SMILES string of the molecule is COc1cccc2c1nc(CCCl)n2C1CCN(C)C1. The highest BCUT2D eigenvalue weighted by Gasteiger charge is 2.25. The Hall–Kier alpha value is -1.26. The van der Waals surface area contributed by atoms with E-state index in [2.05, 4.69) is 22.6 Å². The van der Waals surface area contributed by atoms with Gasteiger partial charge >= 0.3 is 0 Å². The minimum atomic E-state index is 0.482. The number of imidazole rings is 1. The highest BCUT2D eigenvalue weighted by atomic mass is 35.5. The van der Waals surface area contributed by atoms with E-state index in [9.17, 15) is 0 Å². The lowest BCUT2D eigenvalue weighted by molar-refractivity contribution is 0.392. The number of halogens is 1. The number of rotatable bonds is 4. The summed E-state index contributed by atoms with van der Waals surface area (Å²) in [5, 5.41) is 0. The van der Waals surface area contributed by atoms with Crippen LogP contribution in [0.3, 0.4) is 0 Å². The van der Waals surface area contributed by atoms with Crippen molar-refractivity contribution in [2.24, 2.45) is 0 Å². The van der Waals surface area contributed by atoms with Crippen LogP contribution in [0.1, 0.15) is 18.3 Å². The molecule has 20 heavy (non-hydrogen) atoms. The number of nitrogens with zero attached hydrogens (tertiary/aromatic N) is 3. The molecule has 4 nitrogen and oxygen atoms in total. The molecule has 0 spiro atoms. The molecule has 0 N–H and O–H groups in total. The lowest BCUT2D eigenvalue weighted by Gasteiger charge is -2.16. The zero-order valence-electron chi connectivity index (χ0n) is 12.0. The Morgan fingerprint density at radius 1 is 1.45 bits per heavy atom. The van der Waals surface area contributed by atoms with Crippen molar-refractivity contribution in [2.75, 3.05) is 33.1 Å². The molecule has 2 heterocycles. The topological polar surface area (TPSA) is 30.3 Å². The summed E-state index contributed by atoms with van der Waals surface area (Å²) in [6, 6.07) is 6.60. The maximum atomic E-state index is 5.95. The quantitative estimate of drug-likeness (QED) is 0.812. The maximum absolute atomic E-state index is 5.95. The van der Waals surface area contributed by atoms with E-state index in [1.54, 1.807) is 7.11 Å². The summed E-state index contributed by atoms with van der Waals surface area (Å²) in [4.78, 5) is 7.14. The third-order valence-electron chi connectivity index (χ3n) is 4.03. The average molecular weight is 294 g/mol. The van der Waals surface area contributed by atoms with E-state index in [1.165, 1.54) is 0 Å². The Morgan fingerprint density at radius 2 is 2.30 bits per heavy atom. The van der Waals surface area contributed by atoms with Crippen LogP contribution >= 0.6 is 11.6 Å². The van der Waals surface area contributed by atoms with Gasteiger partial charge in [0.1, 0.15) is 17.1 Å². The number of aryl methyl sites for hydroxylation is 1. The maximum Gasteiger partial charge on any atom is 0.146 e. The van der Waals surface area contributed by atoms with Gasteiger partial charge in [0.25, 0.3) is 0 Å². The standard InChI is InChI=1S/C15H20ClN3O/c1-18-9-7-11(10-18)19-12-4-3-5-13(20-2)15(12)17-14(19)6-8-16/h3-5,11H,6-10H2,1-2H3. The molecule has 0 radical (unpaired) electrons. The molecule has 1 aliphatic rings. The molecule has 1 aromatic carbocycles. The second-order valence-corrected chi connectivity index (χ2v) is 5.75. The van der Waals surface area contributed by atoms with Gasteiger partial charge in [0.2, 0.25) is 0 Å². The lowest BCUT2D eigenvalue weighted by atomic mass is 10.2. The summed E-state index contributed by atoms with van der Waals surface area (Å²) in [5.74, 6) is 2.50. The Morgan fingerprint density at radius 3 is 2.95 bits per heavy atom. The fourth-order valence-electron chi connectivity index (χ4n) is 3.10. The van der Waals surface area contributed by atoms with E-state index in [1.807, 2.05) is 12.1 Å². The van der Waals surface area contributed by atoms with E-state index in [0.29, 0.717) is 11.9 Å². The van der Waals surface area contributed by atoms with Crippen LogP contribution in [0.2, 0.25) is 0 Å². The number of para-hydroxylation sites is 1. The summed E-state index contributed by atoms with van der Waals surface area (Å²) >= 11 is 5.95. The number of fused-ring (bicyclic) bond motifs is 1. The summed E-state index contributed by atoms with van der Waals surface area (Å²) in [6.45, 7) is 2.20. The number of hydrogen-bond donors (Lipinski definition) is 0. The molecule has 0 aliphatic carbocycles. The first kappa shape index (κ1) is 13.7. The van der Waals surface area contributed by atoms with Crippen molar-refractivity contribution < 1.29 is 4.74 Å². The third kappa shape index (κ3) is 2.27. The Bertz CT molecular complexity index is 610. The molecule has 0 saturated carbocycles. The smallest absolute Gasteiger partial charge is 0.146 e. The van der Waals surface area contributed by atoms with Gasteiger partial charge in [-0.25, -0.2) is 4.98 Å². The van der Waals surface area contributed by atoms with Gasteiger partial charge in [-0.3, -0.25) is 0 Å². The third-order valence-corrected chi connectivity index (χ3v) is 4.21. The normalized spacial score (nSPS) is 19.9.